The molecule has 0 aliphatic rings. The summed E-state index contributed by atoms with van der Waals surface area (Å²) in [6, 6.07) is 8.23. The molecular weight excluding hydrogens is 212 g/mol. The SMILES string of the molecule is CCCCC(N)CNc1cccc(OCC)c1. The van der Waals surface area contributed by atoms with Gasteiger partial charge in [0, 0.05) is 24.3 Å². The van der Waals surface area contributed by atoms with Crippen LogP contribution in [0.3, 0.4) is 0 Å². The zero-order chi connectivity index (χ0) is 12.5. The van der Waals surface area contributed by atoms with E-state index in [2.05, 4.69) is 12.2 Å². The summed E-state index contributed by atoms with van der Waals surface area (Å²) < 4.78 is 5.45. The van der Waals surface area contributed by atoms with Gasteiger partial charge < -0.3 is 15.8 Å². The van der Waals surface area contributed by atoms with E-state index in [0.29, 0.717) is 6.61 Å². The van der Waals surface area contributed by atoms with Crippen LogP contribution in [0.4, 0.5) is 5.69 Å². The number of ether oxygens (including phenoxy) is 1. The minimum Gasteiger partial charge on any atom is -0.494 e. The Hall–Kier alpha value is -1.22. The molecule has 0 radical (unpaired) electrons. The molecular formula is C14H24N2O. The molecule has 1 aromatic carbocycles. The van der Waals surface area contributed by atoms with Crippen molar-refractivity contribution in [3.05, 3.63) is 24.3 Å². The van der Waals surface area contributed by atoms with Gasteiger partial charge in [-0.25, -0.2) is 0 Å². The summed E-state index contributed by atoms with van der Waals surface area (Å²) in [6.45, 7) is 5.68. The summed E-state index contributed by atoms with van der Waals surface area (Å²) in [7, 11) is 0. The first kappa shape index (κ1) is 13.8. The van der Waals surface area contributed by atoms with Gasteiger partial charge in [0.1, 0.15) is 5.75 Å². The molecule has 0 saturated heterocycles. The Balaban J connectivity index is 2.37. The van der Waals surface area contributed by atoms with Gasteiger partial charge in [0.2, 0.25) is 0 Å². The zero-order valence-electron chi connectivity index (χ0n) is 10.9. The molecule has 0 spiro atoms. The third kappa shape index (κ3) is 5.59. The standard InChI is InChI=1S/C14H24N2O/c1-3-5-7-12(15)11-16-13-8-6-9-14(10-13)17-4-2/h6,8-10,12,16H,3-5,7,11,15H2,1-2H3. The van der Waals surface area contributed by atoms with Crippen molar-refractivity contribution < 1.29 is 4.74 Å². The van der Waals surface area contributed by atoms with Gasteiger partial charge >= 0.3 is 0 Å². The average molecular weight is 236 g/mol. The predicted octanol–water partition coefficient (Wildman–Crippen LogP) is 3.01. The quantitative estimate of drug-likeness (QED) is 0.729. The molecule has 0 saturated carbocycles. The van der Waals surface area contributed by atoms with Crippen LogP contribution >= 0.6 is 0 Å². The van der Waals surface area contributed by atoms with E-state index in [4.69, 9.17) is 10.5 Å². The highest BCUT2D eigenvalue weighted by atomic mass is 16.5. The predicted molar refractivity (Wildman–Crippen MR) is 73.6 cm³/mol. The van der Waals surface area contributed by atoms with Crippen molar-refractivity contribution in [1.82, 2.24) is 0 Å². The van der Waals surface area contributed by atoms with Crippen LogP contribution in [0.15, 0.2) is 24.3 Å². The second kappa shape index (κ2) is 7.96. The fourth-order valence-electron chi connectivity index (χ4n) is 1.68. The van der Waals surface area contributed by atoms with Crippen LogP contribution < -0.4 is 15.8 Å². The molecule has 0 aliphatic heterocycles. The molecule has 3 heteroatoms. The molecule has 0 heterocycles. The van der Waals surface area contributed by atoms with E-state index < -0.39 is 0 Å². The molecule has 1 atom stereocenters. The lowest BCUT2D eigenvalue weighted by Crippen LogP contribution is -2.28. The van der Waals surface area contributed by atoms with Gasteiger partial charge in [0.15, 0.2) is 0 Å². The number of unbranched alkanes of at least 4 members (excludes halogenated alkanes) is 1. The van der Waals surface area contributed by atoms with Crippen molar-refractivity contribution in [2.75, 3.05) is 18.5 Å². The zero-order valence-corrected chi connectivity index (χ0v) is 10.9. The van der Waals surface area contributed by atoms with Crippen LogP contribution in [-0.2, 0) is 0 Å². The molecule has 0 amide bonds. The van der Waals surface area contributed by atoms with Crippen LogP contribution in [0.1, 0.15) is 33.1 Å². The second-order valence-corrected chi connectivity index (χ2v) is 4.24. The summed E-state index contributed by atoms with van der Waals surface area (Å²) in [5.74, 6) is 0.902. The third-order valence-electron chi connectivity index (χ3n) is 2.64. The Bertz CT molecular complexity index is 315. The normalized spacial score (nSPS) is 12.2. The molecule has 1 unspecified atom stereocenters. The first-order chi connectivity index (χ1) is 8.26. The van der Waals surface area contributed by atoms with E-state index >= 15 is 0 Å². The average Bonchev–Trinajstić information content (AvgIpc) is 2.35. The van der Waals surface area contributed by atoms with E-state index in [9.17, 15) is 0 Å². The Kier molecular flexibility index (Phi) is 6.48. The number of nitrogens with two attached hydrogens (primary N) is 1. The molecule has 96 valence electrons. The topological polar surface area (TPSA) is 47.3 Å². The van der Waals surface area contributed by atoms with Gasteiger partial charge in [-0.15, -0.1) is 0 Å². The van der Waals surface area contributed by atoms with Crippen LogP contribution in [0.5, 0.6) is 5.75 Å². The van der Waals surface area contributed by atoms with Crippen LogP contribution in [0, 0.1) is 0 Å². The molecule has 0 bridgehead atoms. The van der Waals surface area contributed by atoms with E-state index in [1.807, 2.05) is 31.2 Å². The highest BCUT2D eigenvalue weighted by Gasteiger charge is 2.02. The number of nitrogens with one attached hydrogen (secondary N) is 1. The molecule has 3 N–H and O–H groups in total. The summed E-state index contributed by atoms with van der Waals surface area (Å²) >= 11 is 0. The Labute approximate surface area is 104 Å². The van der Waals surface area contributed by atoms with E-state index in [-0.39, 0.29) is 6.04 Å². The Morgan fingerprint density at radius 1 is 1.35 bits per heavy atom. The van der Waals surface area contributed by atoms with Crippen LogP contribution in [-0.4, -0.2) is 19.2 Å². The van der Waals surface area contributed by atoms with Crippen LogP contribution in [0.2, 0.25) is 0 Å². The first-order valence-electron chi connectivity index (χ1n) is 6.48. The number of hydrogen-bond acceptors (Lipinski definition) is 3. The molecule has 3 nitrogen and oxygen atoms in total. The molecule has 1 rings (SSSR count). The first-order valence-corrected chi connectivity index (χ1v) is 6.48. The number of anilines is 1. The van der Waals surface area contributed by atoms with Crippen molar-refractivity contribution >= 4 is 5.69 Å². The molecule has 0 aliphatic carbocycles. The monoisotopic (exact) mass is 236 g/mol. The number of hydrogen-bond donors (Lipinski definition) is 2. The fraction of sp³-hybridized carbons (Fsp3) is 0.571. The lowest BCUT2D eigenvalue weighted by molar-refractivity contribution is 0.340. The smallest absolute Gasteiger partial charge is 0.121 e. The maximum atomic E-state index is 6.01. The maximum absolute atomic E-state index is 6.01. The summed E-state index contributed by atoms with van der Waals surface area (Å²) in [5.41, 5.74) is 7.08. The van der Waals surface area contributed by atoms with E-state index in [0.717, 1.165) is 24.4 Å². The molecule has 0 aromatic heterocycles. The highest BCUT2D eigenvalue weighted by molar-refractivity contribution is 5.48. The summed E-state index contributed by atoms with van der Waals surface area (Å²) in [4.78, 5) is 0. The van der Waals surface area contributed by atoms with Crippen LogP contribution in [0.25, 0.3) is 0 Å². The largest absolute Gasteiger partial charge is 0.494 e. The molecule has 17 heavy (non-hydrogen) atoms. The second-order valence-electron chi connectivity index (χ2n) is 4.24. The highest BCUT2D eigenvalue weighted by Crippen LogP contribution is 2.17. The van der Waals surface area contributed by atoms with Crippen molar-refractivity contribution in [1.29, 1.82) is 0 Å². The van der Waals surface area contributed by atoms with Crippen molar-refractivity contribution in [2.45, 2.75) is 39.2 Å². The van der Waals surface area contributed by atoms with Gasteiger partial charge in [-0.2, -0.15) is 0 Å². The van der Waals surface area contributed by atoms with Gasteiger partial charge in [0.25, 0.3) is 0 Å². The molecule has 0 fully saturated rings. The van der Waals surface area contributed by atoms with Crippen molar-refractivity contribution in [3.63, 3.8) is 0 Å². The number of benzene rings is 1. The van der Waals surface area contributed by atoms with E-state index in [1.165, 1.54) is 12.8 Å². The van der Waals surface area contributed by atoms with Crippen molar-refractivity contribution in [2.24, 2.45) is 5.73 Å². The van der Waals surface area contributed by atoms with Gasteiger partial charge in [-0.3, -0.25) is 0 Å². The Morgan fingerprint density at radius 2 is 2.18 bits per heavy atom. The summed E-state index contributed by atoms with van der Waals surface area (Å²) in [6.07, 6.45) is 3.48. The fourth-order valence-corrected chi connectivity index (χ4v) is 1.68. The van der Waals surface area contributed by atoms with Gasteiger partial charge in [0.05, 0.1) is 6.61 Å². The minimum absolute atomic E-state index is 0.227. The lowest BCUT2D eigenvalue weighted by Gasteiger charge is -2.14. The maximum Gasteiger partial charge on any atom is 0.121 e. The third-order valence-corrected chi connectivity index (χ3v) is 2.64. The van der Waals surface area contributed by atoms with Gasteiger partial charge in [-0.1, -0.05) is 25.8 Å². The minimum atomic E-state index is 0.227. The van der Waals surface area contributed by atoms with Crippen molar-refractivity contribution in [3.8, 4) is 5.75 Å². The van der Waals surface area contributed by atoms with Gasteiger partial charge in [-0.05, 0) is 25.5 Å². The molecule has 1 aromatic rings. The summed E-state index contributed by atoms with van der Waals surface area (Å²) in [5, 5.41) is 3.35. The Morgan fingerprint density at radius 3 is 2.88 bits per heavy atom. The number of rotatable bonds is 8. The van der Waals surface area contributed by atoms with E-state index in [1.54, 1.807) is 0 Å². The lowest BCUT2D eigenvalue weighted by atomic mass is 10.1.